The molecule has 8 N–H and O–H groups in total. The number of nitrogens with two attached hydrogens (primary N) is 1. The molecule has 1 aromatic carbocycles. The van der Waals surface area contributed by atoms with Crippen molar-refractivity contribution in [2.75, 3.05) is 13.2 Å². The number of nitrogens with one attached hydrogen (secondary N) is 3. The molecular weight excluding hydrogens is 408 g/mol. The van der Waals surface area contributed by atoms with Crippen LogP contribution in [0.15, 0.2) is 24.3 Å². The van der Waals surface area contributed by atoms with E-state index < -0.39 is 55.0 Å². The van der Waals surface area contributed by atoms with E-state index in [1.54, 1.807) is 12.1 Å². The number of carbonyl (C=O) groups is 4. The van der Waals surface area contributed by atoms with Crippen molar-refractivity contribution in [1.29, 1.82) is 0 Å². The van der Waals surface area contributed by atoms with Crippen LogP contribution in [-0.2, 0) is 25.6 Å². The molecule has 3 atom stereocenters. The third kappa shape index (κ3) is 9.45. The van der Waals surface area contributed by atoms with Gasteiger partial charge in [0.05, 0.1) is 19.2 Å². The number of carbonyl (C=O) groups excluding carboxylic acids is 3. The number of hydrogen-bond acceptors (Lipinski definition) is 7. The smallest absolute Gasteiger partial charge is 0.328 e. The lowest BCUT2D eigenvalue weighted by molar-refractivity contribution is -0.142. The minimum Gasteiger partial charge on any atom is -0.508 e. The van der Waals surface area contributed by atoms with Crippen LogP contribution in [0.3, 0.4) is 0 Å². The Bertz CT molecular complexity index is 767. The maximum Gasteiger partial charge on any atom is 0.328 e. The Morgan fingerprint density at radius 3 is 2.13 bits per heavy atom. The number of hydrogen-bond donors (Lipinski definition) is 7. The number of aliphatic carboxylic acids is 1. The highest BCUT2D eigenvalue weighted by atomic mass is 16.4. The third-order valence-electron chi connectivity index (χ3n) is 4.31. The van der Waals surface area contributed by atoms with Gasteiger partial charge in [0.1, 0.15) is 17.8 Å². The summed E-state index contributed by atoms with van der Waals surface area (Å²) in [7, 11) is 0. The number of carboxylic acids is 1. The molecular formula is C20H30N4O7. The lowest BCUT2D eigenvalue weighted by Crippen LogP contribution is -2.54. The quantitative estimate of drug-likeness (QED) is 0.204. The van der Waals surface area contributed by atoms with Crippen molar-refractivity contribution in [2.45, 2.75) is 44.8 Å². The fourth-order valence-corrected chi connectivity index (χ4v) is 2.68. The number of aliphatic hydroxyl groups excluding tert-OH is 1. The lowest BCUT2D eigenvalue weighted by Gasteiger charge is -2.22. The van der Waals surface area contributed by atoms with E-state index in [-0.39, 0.29) is 18.1 Å². The molecule has 172 valence electrons. The molecule has 0 spiro atoms. The fourth-order valence-electron chi connectivity index (χ4n) is 2.68. The van der Waals surface area contributed by atoms with Gasteiger partial charge in [0.25, 0.3) is 0 Å². The summed E-state index contributed by atoms with van der Waals surface area (Å²) in [5, 5.41) is 34.1. The lowest BCUT2D eigenvalue weighted by atomic mass is 10.0. The number of amides is 3. The first-order chi connectivity index (χ1) is 14.5. The van der Waals surface area contributed by atoms with E-state index in [1.165, 1.54) is 12.1 Å². The number of rotatable bonds is 12. The SMILES string of the molecule is CC(C)CC(NC(=O)C(N)Cc1ccc(O)cc1)C(=O)NCC(=O)NC(CO)C(=O)O. The Hall–Kier alpha value is -3.18. The van der Waals surface area contributed by atoms with Gasteiger partial charge in [-0.1, -0.05) is 26.0 Å². The summed E-state index contributed by atoms with van der Waals surface area (Å²) >= 11 is 0. The summed E-state index contributed by atoms with van der Waals surface area (Å²) in [5.74, 6) is -3.24. The minimum absolute atomic E-state index is 0.0454. The van der Waals surface area contributed by atoms with E-state index in [9.17, 15) is 24.3 Å². The van der Waals surface area contributed by atoms with E-state index in [0.717, 1.165) is 5.56 Å². The van der Waals surface area contributed by atoms with Crippen molar-refractivity contribution in [3.05, 3.63) is 29.8 Å². The number of carboxylic acid groups (broad SMARTS) is 1. The Morgan fingerprint density at radius 2 is 1.61 bits per heavy atom. The normalized spacial score (nSPS) is 13.7. The van der Waals surface area contributed by atoms with E-state index in [1.807, 2.05) is 13.8 Å². The Morgan fingerprint density at radius 1 is 1.00 bits per heavy atom. The maximum atomic E-state index is 12.5. The zero-order valence-electron chi connectivity index (χ0n) is 17.5. The molecule has 0 aliphatic rings. The van der Waals surface area contributed by atoms with Gasteiger partial charge in [0.15, 0.2) is 0 Å². The monoisotopic (exact) mass is 438 g/mol. The van der Waals surface area contributed by atoms with Crippen molar-refractivity contribution in [3.8, 4) is 5.75 Å². The number of phenolic OH excluding ortho intramolecular Hbond substituents is 1. The van der Waals surface area contributed by atoms with E-state index in [2.05, 4.69) is 16.0 Å². The van der Waals surface area contributed by atoms with Gasteiger partial charge in [0.2, 0.25) is 17.7 Å². The average molecular weight is 438 g/mol. The molecule has 1 aromatic rings. The molecule has 3 amide bonds. The van der Waals surface area contributed by atoms with Gasteiger partial charge in [-0.2, -0.15) is 0 Å². The topological polar surface area (TPSA) is 191 Å². The van der Waals surface area contributed by atoms with E-state index in [0.29, 0.717) is 6.42 Å². The molecule has 0 aliphatic heterocycles. The van der Waals surface area contributed by atoms with Gasteiger partial charge in [-0.15, -0.1) is 0 Å². The second-order valence-electron chi connectivity index (χ2n) is 7.53. The molecule has 0 fully saturated rings. The van der Waals surface area contributed by atoms with Crippen LogP contribution in [0.5, 0.6) is 5.75 Å². The summed E-state index contributed by atoms with van der Waals surface area (Å²) < 4.78 is 0. The zero-order valence-corrected chi connectivity index (χ0v) is 17.5. The Kier molecular flexibility index (Phi) is 10.4. The number of aromatic hydroxyl groups is 1. The highest BCUT2D eigenvalue weighted by Crippen LogP contribution is 2.11. The summed E-state index contributed by atoms with van der Waals surface area (Å²) in [6, 6.07) is 2.87. The molecule has 0 saturated heterocycles. The van der Waals surface area contributed by atoms with Crippen molar-refractivity contribution in [1.82, 2.24) is 16.0 Å². The van der Waals surface area contributed by atoms with Crippen LogP contribution in [-0.4, -0.2) is 70.3 Å². The van der Waals surface area contributed by atoms with Gasteiger partial charge in [-0.25, -0.2) is 4.79 Å². The number of phenols is 1. The molecule has 11 nitrogen and oxygen atoms in total. The first kappa shape index (κ1) is 25.9. The third-order valence-corrected chi connectivity index (χ3v) is 4.31. The standard InChI is InChI=1S/C20H30N4O7/c1-11(2)7-15(19(29)22-9-17(27)23-16(10-25)20(30)31)24-18(28)14(21)8-12-3-5-13(26)6-4-12/h3-6,11,14-16,25-26H,7-10,21H2,1-2H3,(H,22,29)(H,23,27)(H,24,28)(H,30,31). The van der Waals surface area contributed by atoms with Crippen LogP contribution in [0.4, 0.5) is 0 Å². The first-order valence-corrected chi connectivity index (χ1v) is 9.78. The van der Waals surface area contributed by atoms with Crippen LogP contribution >= 0.6 is 0 Å². The molecule has 0 aromatic heterocycles. The maximum absolute atomic E-state index is 12.5. The fraction of sp³-hybridized carbons (Fsp3) is 0.500. The number of benzene rings is 1. The molecule has 0 heterocycles. The second kappa shape index (κ2) is 12.5. The van der Waals surface area contributed by atoms with Gasteiger partial charge in [-0.05, 0) is 36.5 Å². The van der Waals surface area contributed by atoms with Crippen molar-refractivity contribution < 1.29 is 34.5 Å². The molecule has 3 unspecified atom stereocenters. The second-order valence-corrected chi connectivity index (χ2v) is 7.53. The van der Waals surface area contributed by atoms with Crippen LogP contribution in [0.25, 0.3) is 0 Å². The predicted octanol–water partition coefficient (Wildman–Crippen LogP) is -1.53. The summed E-state index contributed by atoms with van der Waals surface area (Å²) in [4.78, 5) is 47.6. The van der Waals surface area contributed by atoms with Gasteiger partial charge >= 0.3 is 5.97 Å². The van der Waals surface area contributed by atoms with Gasteiger partial charge in [0, 0.05) is 0 Å². The van der Waals surface area contributed by atoms with E-state index >= 15 is 0 Å². The minimum atomic E-state index is -1.48. The van der Waals surface area contributed by atoms with Crippen molar-refractivity contribution >= 4 is 23.7 Å². The molecule has 11 heteroatoms. The van der Waals surface area contributed by atoms with Crippen molar-refractivity contribution in [3.63, 3.8) is 0 Å². The molecule has 0 aliphatic carbocycles. The zero-order chi connectivity index (χ0) is 23.6. The molecule has 0 saturated carbocycles. The van der Waals surface area contributed by atoms with Crippen molar-refractivity contribution in [2.24, 2.45) is 11.7 Å². The van der Waals surface area contributed by atoms with E-state index in [4.69, 9.17) is 15.9 Å². The highest BCUT2D eigenvalue weighted by molar-refractivity contribution is 5.92. The largest absolute Gasteiger partial charge is 0.508 e. The summed E-state index contributed by atoms with van der Waals surface area (Å²) in [5.41, 5.74) is 6.67. The average Bonchev–Trinajstić information content (AvgIpc) is 2.70. The Balaban J connectivity index is 2.66. The molecule has 31 heavy (non-hydrogen) atoms. The summed E-state index contributed by atoms with van der Waals surface area (Å²) in [6.45, 7) is 2.40. The van der Waals surface area contributed by atoms with Crippen LogP contribution in [0, 0.1) is 5.92 Å². The molecule has 0 radical (unpaired) electrons. The van der Waals surface area contributed by atoms with Gasteiger partial charge < -0.3 is 37.0 Å². The highest BCUT2D eigenvalue weighted by Gasteiger charge is 2.26. The first-order valence-electron chi connectivity index (χ1n) is 9.78. The summed E-state index contributed by atoms with van der Waals surface area (Å²) in [6.07, 6.45) is 0.488. The predicted molar refractivity (Wildman–Crippen MR) is 111 cm³/mol. The van der Waals surface area contributed by atoms with Gasteiger partial charge in [-0.3, -0.25) is 14.4 Å². The molecule has 1 rings (SSSR count). The Labute approximate surface area is 180 Å². The van der Waals surface area contributed by atoms with Crippen LogP contribution in [0.1, 0.15) is 25.8 Å². The molecule has 0 bridgehead atoms. The van der Waals surface area contributed by atoms with Crippen LogP contribution in [0.2, 0.25) is 0 Å². The van der Waals surface area contributed by atoms with Crippen LogP contribution < -0.4 is 21.7 Å². The number of aliphatic hydroxyl groups is 1.